The lowest BCUT2D eigenvalue weighted by Crippen LogP contribution is -2.58. The van der Waals surface area contributed by atoms with Gasteiger partial charge in [0.15, 0.2) is 0 Å². The number of hydrogen-bond acceptors (Lipinski definition) is 2. The summed E-state index contributed by atoms with van der Waals surface area (Å²) in [5, 5.41) is 11.4. The Morgan fingerprint density at radius 3 is 2.59 bits per heavy atom. The van der Waals surface area contributed by atoms with Gasteiger partial charge in [0.1, 0.15) is 5.78 Å². The number of aliphatic hydroxyl groups is 1. The third-order valence-corrected chi connectivity index (χ3v) is 6.99. The highest BCUT2D eigenvalue weighted by Gasteiger charge is 2.64. The minimum atomic E-state index is -0.852. The molecule has 1 unspecified atom stereocenters. The first-order valence-electron chi connectivity index (χ1n) is 8.75. The number of ketones is 1. The Hall–Kier alpha value is -0.890. The van der Waals surface area contributed by atoms with Crippen LogP contribution >= 0.6 is 0 Å². The molecular weight excluding hydrogens is 272 g/mol. The molecule has 3 aliphatic rings. The Morgan fingerprint density at radius 1 is 1.27 bits per heavy atom. The van der Waals surface area contributed by atoms with Crippen molar-refractivity contribution in [3.05, 3.63) is 23.8 Å². The molecule has 0 heterocycles. The van der Waals surface area contributed by atoms with Crippen LogP contribution in [0.5, 0.6) is 0 Å². The topological polar surface area (TPSA) is 37.3 Å². The van der Waals surface area contributed by atoms with Crippen LogP contribution in [0.2, 0.25) is 0 Å². The number of Topliss-reactive ketones (excluding diaryl/α,β-unsaturated/α-hetero) is 1. The molecule has 1 N–H and O–H groups in total. The Morgan fingerprint density at radius 2 is 1.95 bits per heavy atom. The molecule has 0 saturated heterocycles. The average molecular weight is 302 g/mol. The number of rotatable bonds is 1. The lowest BCUT2D eigenvalue weighted by Gasteiger charge is -2.55. The van der Waals surface area contributed by atoms with E-state index in [1.165, 1.54) is 5.57 Å². The van der Waals surface area contributed by atoms with Crippen LogP contribution < -0.4 is 0 Å². The molecule has 2 heteroatoms. The quantitative estimate of drug-likeness (QED) is 0.734. The molecule has 3 rings (SSSR count). The van der Waals surface area contributed by atoms with E-state index in [2.05, 4.69) is 40.7 Å². The van der Waals surface area contributed by atoms with E-state index in [-0.39, 0.29) is 17.3 Å². The maximum Gasteiger partial charge on any atom is 0.143 e. The van der Waals surface area contributed by atoms with E-state index >= 15 is 0 Å². The summed E-state index contributed by atoms with van der Waals surface area (Å²) in [6.07, 6.45) is 10.1. The van der Waals surface area contributed by atoms with Crippen LogP contribution in [0.3, 0.4) is 0 Å². The van der Waals surface area contributed by atoms with Crippen LogP contribution in [0, 0.1) is 28.6 Å². The fourth-order valence-corrected chi connectivity index (χ4v) is 5.27. The molecule has 0 radical (unpaired) electrons. The zero-order valence-corrected chi connectivity index (χ0v) is 14.6. The van der Waals surface area contributed by atoms with Crippen molar-refractivity contribution in [2.45, 2.75) is 65.9 Å². The van der Waals surface area contributed by atoms with E-state index < -0.39 is 11.0 Å². The Balaban J connectivity index is 2.10. The summed E-state index contributed by atoms with van der Waals surface area (Å²) < 4.78 is 0. The van der Waals surface area contributed by atoms with Crippen molar-refractivity contribution in [3.63, 3.8) is 0 Å². The lowest BCUT2D eigenvalue weighted by molar-refractivity contribution is -0.157. The number of carbonyl (C=O) groups excluding carboxylic acids is 1. The fourth-order valence-electron chi connectivity index (χ4n) is 5.27. The predicted octanol–water partition coefficient (Wildman–Crippen LogP) is 4.29. The molecule has 0 aromatic heterocycles. The van der Waals surface area contributed by atoms with E-state index in [0.717, 1.165) is 19.3 Å². The van der Waals surface area contributed by atoms with Gasteiger partial charge in [0.05, 0.1) is 11.0 Å². The van der Waals surface area contributed by atoms with Gasteiger partial charge in [-0.2, -0.15) is 0 Å². The first-order chi connectivity index (χ1) is 10.1. The van der Waals surface area contributed by atoms with Gasteiger partial charge in [-0.1, -0.05) is 44.6 Å². The molecule has 1 saturated carbocycles. The van der Waals surface area contributed by atoms with Crippen molar-refractivity contribution in [3.8, 4) is 0 Å². The largest absolute Gasteiger partial charge is 0.385 e. The fraction of sp³-hybridized carbons (Fsp3) is 0.750. The molecule has 0 aromatic carbocycles. The van der Waals surface area contributed by atoms with E-state index in [1.807, 2.05) is 12.2 Å². The second kappa shape index (κ2) is 4.80. The molecule has 1 fully saturated rings. The molecule has 3 aliphatic carbocycles. The molecule has 122 valence electrons. The van der Waals surface area contributed by atoms with Gasteiger partial charge in [-0.15, -0.1) is 0 Å². The molecule has 0 amide bonds. The second-order valence-electron chi connectivity index (χ2n) is 8.79. The minimum Gasteiger partial charge on any atom is -0.385 e. The van der Waals surface area contributed by atoms with Crippen LogP contribution in [0.15, 0.2) is 23.8 Å². The summed E-state index contributed by atoms with van der Waals surface area (Å²) in [6.45, 7) is 10.7. The third-order valence-electron chi connectivity index (χ3n) is 6.99. The van der Waals surface area contributed by atoms with E-state index in [0.29, 0.717) is 18.1 Å². The summed E-state index contributed by atoms with van der Waals surface area (Å²) in [5.41, 5.74) is 0.0912. The lowest BCUT2D eigenvalue weighted by atomic mass is 9.49. The van der Waals surface area contributed by atoms with Gasteiger partial charge in [-0.05, 0) is 50.4 Å². The Labute approximate surface area is 134 Å². The van der Waals surface area contributed by atoms with E-state index in [9.17, 15) is 9.90 Å². The van der Waals surface area contributed by atoms with Gasteiger partial charge in [0.25, 0.3) is 0 Å². The molecule has 0 aromatic rings. The monoisotopic (exact) mass is 302 g/mol. The van der Waals surface area contributed by atoms with Gasteiger partial charge in [0.2, 0.25) is 0 Å². The van der Waals surface area contributed by atoms with Crippen LogP contribution in [0.4, 0.5) is 0 Å². The van der Waals surface area contributed by atoms with Crippen LogP contribution in [-0.2, 0) is 4.79 Å². The van der Waals surface area contributed by atoms with Crippen LogP contribution in [-0.4, -0.2) is 16.5 Å². The molecule has 22 heavy (non-hydrogen) atoms. The number of carbonyl (C=O) groups is 1. The van der Waals surface area contributed by atoms with Gasteiger partial charge >= 0.3 is 0 Å². The second-order valence-corrected chi connectivity index (χ2v) is 8.79. The number of fused-ring (bicyclic) bond motifs is 3. The first-order valence-corrected chi connectivity index (χ1v) is 8.75. The summed E-state index contributed by atoms with van der Waals surface area (Å²) >= 11 is 0. The van der Waals surface area contributed by atoms with Crippen molar-refractivity contribution in [1.82, 2.24) is 0 Å². The van der Waals surface area contributed by atoms with Gasteiger partial charge in [-0.3, -0.25) is 4.79 Å². The molecule has 2 nitrogen and oxygen atoms in total. The van der Waals surface area contributed by atoms with Crippen molar-refractivity contribution < 1.29 is 9.90 Å². The standard InChI is InChI=1S/C20H30O2/c1-13(2)20(22)11-10-19(5)16(21)12-18(4)9-8-14(3)6-7-15(18)17(19)20/h8,10-11,13,15,17,22H,6-7,9,12H2,1-5H3/t15-,17-,18-,19+,20?/m1/s1. The van der Waals surface area contributed by atoms with Crippen LogP contribution in [0.25, 0.3) is 0 Å². The van der Waals surface area contributed by atoms with Crippen LogP contribution in [0.1, 0.15) is 60.3 Å². The van der Waals surface area contributed by atoms with E-state index in [4.69, 9.17) is 0 Å². The normalized spacial score (nSPS) is 48.0. The molecule has 0 bridgehead atoms. The van der Waals surface area contributed by atoms with Crippen molar-refractivity contribution in [1.29, 1.82) is 0 Å². The SMILES string of the molecule is CC1=CC[C@]2(C)CC(=O)[C@]3(C)C=CC(O)(C(C)C)[C@@H]3[C@H]2CC1. The van der Waals surface area contributed by atoms with Gasteiger partial charge < -0.3 is 5.11 Å². The predicted molar refractivity (Wildman–Crippen MR) is 89.4 cm³/mol. The highest BCUT2D eigenvalue weighted by Crippen LogP contribution is 2.63. The Kier molecular flexibility index (Phi) is 3.49. The maximum absolute atomic E-state index is 13.0. The molecular formula is C20H30O2. The highest BCUT2D eigenvalue weighted by atomic mass is 16.3. The number of allylic oxidation sites excluding steroid dienone is 3. The molecule has 0 aliphatic heterocycles. The smallest absolute Gasteiger partial charge is 0.143 e. The average Bonchev–Trinajstić information content (AvgIpc) is 2.64. The van der Waals surface area contributed by atoms with E-state index in [1.54, 1.807) is 0 Å². The van der Waals surface area contributed by atoms with Crippen molar-refractivity contribution in [2.75, 3.05) is 0 Å². The maximum atomic E-state index is 13.0. The molecule has 5 atom stereocenters. The minimum absolute atomic E-state index is 0.00604. The summed E-state index contributed by atoms with van der Waals surface area (Å²) in [5.74, 6) is 0.858. The zero-order chi connectivity index (χ0) is 16.3. The van der Waals surface area contributed by atoms with Crippen molar-refractivity contribution in [2.24, 2.45) is 28.6 Å². The van der Waals surface area contributed by atoms with Crippen molar-refractivity contribution >= 4 is 5.78 Å². The highest BCUT2D eigenvalue weighted by molar-refractivity contribution is 5.89. The zero-order valence-electron chi connectivity index (χ0n) is 14.6. The Bertz CT molecular complexity index is 558. The van der Waals surface area contributed by atoms with Gasteiger partial charge in [0, 0.05) is 12.3 Å². The third kappa shape index (κ3) is 1.99. The first kappa shape index (κ1) is 16.0. The summed E-state index contributed by atoms with van der Waals surface area (Å²) in [4.78, 5) is 13.0. The van der Waals surface area contributed by atoms with Gasteiger partial charge in [-0.25, -0.2) is 0 Å². The number of hydrogen-bond donors (Lipinski definition) is 1. The summed E-state index contributed by atoms with van der Waals surface area (Å²) in [7, 11) is 0. The molecule has 0 spiro atoms. The summed E-state index contributed by atoms with van der Waals surface area (Å²) in [6, 6.07) is 0.